The van der Waals surface area contributed by atoms with E-state index in [1.807, 2.05) is 6.07 Å². The number of hydrogen-bond acceptors (Lipinski definition) is 5. The van der Waals surface area contributed by atoms with Gasteiger partial charge >= 0.3 is 5.82 Å². The van der Waals surface area contributed by atoms with Crippen LogP contribution in [0.15, 0.2) is 24.4 Å². The number of rotatable bonds is 8. The first-order valence-electron chi connectivity index (χ1n) is 7.19. The van der Waals surface area contributed by atoms with Crippen LogP contribution in [0, 0.1) is 16.0 Å². The highest BCUT2D eigenvalue weighted by atomic mass is 16.6. The van der Waals surface area contributed by atoms with Gasteiger partial charge in [0.05, 0.1) is 6.20 Å². The number of ether oxygens (including phenoxy) is 1. The lowest BCUT2D eigenvalue weighted by Crippen LogP contribution is -2.08. The smallest absolute Gasteiger partial charge is 0.372 e. The van der Waals surface area contributed by atoms with Gasteiger partial charge in [-0.2, -0.15) is 9.38 Å². The van der Waals surface area contributed by atoms with Crippen LogP contribution in [0.25, 0.3) is 5.65 Å². The molecule has 1 aliphatic carbocycles. The molecule has 0 aromatic carbocycles. The van der Waals surface area contributed by atoms with Gasteiger partial charge in [0, 0.05) is 25.8 Å². The highest BCUT2D eigenvalue weighted by Crippen LogP contribution is 2.28. The monoisotopic (exact) mass is 290 g/mol. The lowest BCUT2D eigenvalue weighted by atomic mass is 10.4. The second-order valence-electron chi connectivity index (χ2n) is 5.27. The molecule has 2 aromatic heterocycles. The van der Waals surface area contributed by atoms with Crippen molar-refractivity contribution in [2.45, 2.75) is 19.3 Å². The number of fused-ring (bicyclic) bond motifs is 1. The number of imidazole rings is 1. The van der Waals surface area contributed by atoms with Gasteiger partial charge in [-0.1, -0.05) is 6.07 Å². The average Bonchev–Trinajstić information content (AvgIpc) is 3.21. The Morgan fingerprint density at radius 3 is 3.10 bits per heavy atom. The summed E-state index contributed by atoms with van der Waals surface area (Å²) < 4.78 is 7.01. The Bertz CT molecular complexity index is 636. The lowest BCUT2D eigenvalue weighted by Gasteiger charge is -2.04. The van der Waals surface area contributed by atoms with Gasteiger partial charge in [-0.25, -0.2) is 0 Å². The normalized spacial score (nSPS) is 14.5. The van der Waals surface area contributed by atoms with Crippen LogP contribution in [0.1, 0.15) is 19.3 Å². The van der Waals surface area contributed by atoms with Gasteiger partial charge in [-0.05, 0) is 36.2 Å². The summed E-state index contributed by atoms with van der Waals surface area (Å²) >= 11 is 0. The molecule has 1 N–H and O–H groups in total. The molecule has 3 rings (SSSR count). The van der Waals surface area contributed by atoms with Crippen molar-refractivity contribution in [3.63, 3.8) is 0 Å². The number of aromatic nitrogens is 2. The van der Waals surface area contributed by atoms with E-state index in [0.717, 1.165) is 18.9 Å². The van der Waals surface area contributed by atoms with Crippen molar-refractivity contribution >= 4 is 17.3 Å². The molecular weight excluding hydrogens is 272 g/mol. The Balaban J connectivity index is 1.57. The molecule has 0 unspecified atom stereocenters. The zero-order valence-corrected chi connectivity index (χ0v) is 11.7. The molecule has 112 valence electrons. The molecule has 2 heterocycles. The first kappa shape index (κ1) is 13.8. The van der Waals surface area contributed by atoms with Crippen LogP contribution in [0.4, 0.5) is 11.6 Å². The lowest BCUT2D eigenvalue weighted by molar-refractivity contribution is -0.389. The minimum Gasteiger partial charge on any atom is -0.381 e. The van der Waals surface area contributed by atoms with Crippen molar-refractivity contribution < 1.29 is 9.66 Å². The summed E-state index contributed by atoms with van der Waals surface area (Å²) in [7, 11) is 0. The van der Waals surface area contributed by atoms with Crippen LogP contribution in [-0.4, -0.2) is 34.1 Å². The van der Waals surface area contributed by atoms with Crippen LogP contribution in [0.3, 0.4) is 0 Å². The molecule has 0 saturated heterocycles. The maximum Gasteiger partial charge on any atom is 0.372 e. The van der Waals surface area contributed by atoms with Crippen molar-refractivity contribution in [1.29, 1.82) is 0 Å². The maximum atomic E-state index is 11.2. The Kier molecular flexibility index (Phi) is 4.01. The summed E-state index contributed by atoms with van der Waals surface area (Å²) in [5.74, 6) is 1.05. The molecule has 21 heavy (non-hydrogen) atoms. The fraction of sp³-hybridized carbons (Fsp3) is 0.500. The van der Waals surface area contributed by atoms with Crippen molar-refractivity contribution in [3.05, 3.63) is 34.5 Å². The molecule has 2 aromatic rings. The van der Waals surface area contributed by atoms with Gasteiger partial charge in [0.2, 0.25) is 11.5 Å². The van der Waals surface area contributed by atoms with Crippen molar-refractivity contribution in [2.24, 2.45) is 5.92 Å². The predicted molar refractivity (Wildman–Crippen MR) is 78.5 cm³/mol. The Morgan fingerprint density at radius 2 is 2.33 bits per heavy atom. The Morgan fingerprint density at radius 1 is 1.48 bits per heavy atom. The number of nitrogens with zero attached hydrogens (tertiary/aromatic N) is 3. The van der Waals surface area contributed by atoms with Crippen molar-refractivity contribution in [2.75, 3.05) is 25.1 Å². The molecule has 0 atom stereocenters. The van der Waals surface area contributed by atoms with Crippen LogP contribution in [0.2, 0.25) is 0 Å². The third-order valence-corrected chi connectivity index (χ3v) is 3.49. The molecule has 1 aliphatic rings. The summed E-state index contributed by atoms with van der Waals surface area (Å²) in [6.45, 7) is 2.12. The molecular formula is C14H18N4O3. The number of hydrogen-bond donors (Lipinski definition) is 1. The Hall–Kier alpha value is -2.15. The summed E-state index contributed by atoms with van der Waals surface area (Å²) in [6.07, 6.45) is 5.01. The van der Waals surface area contributed by atoms with Crippen molar-refractivity contribution in [3.8, 4) is 0 Å². The molecule has 1 saturated carbocycles. The van der Waals surface area contributed by atoms with E-state index in [-0.39, 0.29) is 5.82 Å². The largest absolute Gasteiger partial charge is 0.381 e. The SMILES string of the molecule is O=[N+]([O-])c1c(NCCCOCC2CC2)nc2ccccn12. The molecule has 0 amide bonds. The highest BCUT2D eigenvalue weighted by molar-refractivity contribution is 5.62. The maximum absolute atomic E-state index is 11.2. The van der Waals surface area contributed by atoms with E-state index < -0.39 is 4.92 Å². The number of nitrogens with one attached hydrogen (secondary N) is 1. The zero-order valence-electron chi connectivity index (χ0n) is 11.7. The van der Waals surface area contributed by atoms with E-state index in [1.165, 1.54) is 17.2 Å². The highest BCUT2D eigenvalue weighted by Gasteiger charge is 2.22. The molecule has 1 fully saturated rings. The fourth-order valence-electron chi connectivity index (χ4n) is 2.19. The van der Waals surface area contributed by atoms with Gasteiger partial charge < -0.3 is 20.2 Å². The summed E-state index contributed by atoms with van der Waals surface area (Å²) in [6, 6.07) is 5.30. The van der Waals surface area contributed by atoms with E-state index in [2.05, 4.69) is 10.3 Å². The minimum atomic E-state index is -0.411. The molecule has 0 spiro atoms. The molecule has 7 heteroatoms. The zero-order chi connectivity index (χ0) is 14.7. The molecule has 0 aliphatic heterocycles. The van der Waals surface area contributed by atoms with Gasteiger partial charge in [-0.15, -0.1) is 0 Å². The van der Waals surface area contributed by atoms with Gasteiger partial charge in [-0.3, -0.25) is 0 Å². The third-order valence-electron chi connectivity index (χ3n) is 3.49. The van der Waals surface area contributed by atoms with Crippen LogP contribution >= 0.6 is 0 Å². The van der Waals surface area contributed by atoms with Crippen molar-refractivity contribution in [1.82, 2.24) is 9.38 Å². The van der Waals surface area contributed by atoms with E-state index in [0.29, 0.717) is 24.6 Å². The quantitative estimate of drug-likeness (QED) is 0.459. The van der Waals surface area contributed by atoms with Gasteiger partial charge in [0.1, 0.15) is 0 Å². The van der Waals surface area contributed by atoms with Crippen LogP contribution < -0.4 is 5.32 Å². The second-order valence-corrected chi connectivity index (χ2v) is 5.27. The van der Waals surface area contributed by atoms with E-state index in [9.17, 15) is 10.1 Å². The number of pyridine rings is 1. The first-order chi connectivity index (χ1) is 10.3. The fourth-order valence-corrected chi connectivity index (χ4v) is 2.19. The summed E-state index contributed by atoms with van der Waals surface area (Å²) in [5, 5.41) is 14.2. The van der Waals surface area contributed by atoms with E-state index in [4.69, 9.17) is 4.74 Å². The second kappa shape index (κ2) is 6.09. The third kappa shape index (κ3) is 3.30. The van der Waals surface area contributed by atoms with Gasteiger partial charge in [0.15, 0.2) is 0 Å². The number of nitro groups is 1. The average molecular weight is 290 g/mol. The van der Waals surface area contributed by atoms with E-state index in [1.54, 1.807) is 18.3 Å². The summed E-state index contributed by atoms with van der Waals surface area (Å²) in [4.78, 5) is 15.0. The van der Waals surface area contributed by atoms with Gasteiger partial charge in [0.25, 0.3) is 0 Å². The topological polar surface area (TPSA) is 81.7 Å². The molecule has 7 nitrogen and oxygen atoms in total. The molecule has 0 radical (unpaired) electrons. The predicted octanol–water partition coefficient (Wildman–Crippen LogP) is 2.47. The first-order valence-corrected chi connectivity index (χ1v) is 7.19. The van der Waals surface area contributed by atoms with E-state index >= 15 is 0 Å². The standard InChI is InChI=1S/C14H18N4O3/c19-18(20)14-13(16-12-4-1-2-8-17(12)14)15-7-3-9-21-10-11-5-6-11/h1-2,4,8,11,15H,3,5-7,9-10H2. The molecule has 0 bridgehead atoms. The van der Waals surface area contributed by atoms with Crippen LogP contribution in [0.5, 0.6) is 0 Å². The minimum absolute atomic E-state index is 0.0236. The summed E-state index contributed by atoms with van der Waals surface area (Å²) in [5.41, 5.74) is 0.566. The number of anilines is 1. The van der Waals surface area contributed by atoms with Crippen LogP contribution in [-0.2, 0) is 4.74 Å². The Labute approximate surface area is 122 Å².